The van der Waals surface area contributed by atoms with E-state index < -0.39 is 34.3 Å². The van der Waals surface area contributed by atoms with Crippen LogP contribution < -0.4 is 9.62 Å². The smallest absolute Gasteiger partial charge is 0.244 e. The van der Waals surface area contributed by atoms with E-state index in [1.807, 2.05) is 32.9 Å². The van der Waals surface area contributed by atoms with E-state index in [1.54, 1.807) is 12.1 Å². The Hall–Kier alpha value is -2.94. The van der Waals surface area contributed by atoms with Gasteiger partial charge in [0.1, 0.15) is 18.4 Å². The second kappa shape index (κ2) is 12.6. The van der Waals surface area contributed by atoms with E-state index in [2.05, 4.69) is 17.4 Å². The molecule has 4 aliphatic carbocycles. The summed E-state index contributed by atoms with van der Waals surface area (Å²) in [6.45, 7) is 5.29. The summed E-state index contributed by atoms with van der Waals surface area (Å²) in [7, 11) is -3.82. The van der Waals surface area contributed by atoms with Crippen LogP contribution in [0.3, 0.4) is 0 Å². The topological polar surface area (TPSA) is 86.8 Å². The Morgan fingerprint density at radius 3 is 1.98 bits per heavy atom. The number of hydrogen-bond acceptors (Lipinski definition) is 4. The minimum Gasteiger partial charge on any atom is -0.352 e. The standard InChI is InChI=1S/C34H46FN3O4S/c1-5-23(3)36-33(40)31(6-2)37(21-24-7-11-29(35)12-8-24)32(39)22-38(43(4,41)42)30-13-9-28(10-14-30)34-18-25-15-26(19-34)17-27(16-25)20-34/h7-14,23,25-27,31H,5-6,15-22H2,1-4H3,(H,36,40)/t23-,25?,26?,27?,31-,34?/m0/s1. The van der Waals surface area contributed by atoms with Crippen LogP contribution in [0.1, 0.15) is 83.3 Å². The van der Waals surface area contributed by atoms with Gasteiger partial charge in [-0.15, -0.1) is 0 Å². The normalized spacial score (nSPS) is 25.7. The maximum absolute atomic E-state index is 14.0. The number of rotatable bonds is 12. The molecular formula is C34H46FN3O4S. The summed E-state index contributed by atoms with van der Waals surface area (Å²) in [5.74, 6) is 1.21. The van der Waals surface area contributed by atoms with E-state index >= 15 is 0 Å². The summed E-state index contributed by atoms with van der Waals surface area (Å²) in [5, 5.41) is 2.96. The summed E-state index contributed by atoms with van der Waals surface area (Å²) < 4.78 is 40.9. The lowest BCUT2D eigenvalue weighted by atomic mass is 9.48. The predicted molar refractivity (Wildman–Crippen MR) is 167 cm³/mol. The van der Waals surface area contributed by atoms with Crippen molar-refractivity contribution in [1.29, 1.82) is 0 Å². The van der Waals surface area contributed by atoms with Crippen molar-refractivity contribution in [2.75, 3.05) is 17.1 Å². The van der Waals surface area contributed by atoms with E-state index in [0.717, 1.165) is 34.7 Å². The highest BCUT2D eigenvalue weighted by atomic mass is 32.2. The van der Waals surface area contributed by atoms with Crippen LogP contribution >= 0.6 is 0 Å². The monoisotopic (exact) mass is 611 g/mol. The van der Waals surface area contributed by atoms with Crippen LogP contribution in [-0.4, -0.2) is 50.0 Å². The maximum atomic E-state index is 14.0. The van der Waals surface area contributed by atoms with Gasteiger partial charge in [0.25, 0.3) is 0 Å². The lowest BCUT2D eigenvalue weighted by Crippen LogP contribution is -2.53. The molecule has 0 radical (unpaired) electrons. The minimum atomic E-state index is -3.82. The van der Waals surface area contributed by atoms with Gasteiger partial charge in [-0.2, -0.15) is 0 Å². The molecule has 2 aromatic carbocycles. The Morgan fingerprint density at radius 2 is 1.49 bits per heavy atom. The van der Waals surface area contributed by atoms with Crippen molar-refractivity contribution in [2.24, 2.45) is 17.8 Å². The number of sulfonamides is 1. The molecule has 43 heavy (non-hydrogen) atoms. The van der Waals surface area contributed by atoms with Crippen molar-refractivity contribution in [3.8, 4) is 0 Å². The highest BCUT2D eigenvalue weighted by Gasteiger charge is 2.51. The molecule has 1 N–H and O–H groups in total. The van der Waals surface area contributed by atoms with Crippen molar-refractivity contribution in [3.05, 3.63) is 65.5 Å². The Labute approximate surface area is 256 Å². The van der Waals surface area contributed by atoms with Crippen LogP contribution in [0.25, 0.3) is 0 Å². The largest absolute Gasteiger partial charge is 0.352 e. The Balaban J connectivity index is 1.40. The van der Waals surface area contributed by atoms with E-state index in [9.17, 15) is 22.4 Å². The van der Waals surface area contributed by atoms with Crippen LogP contribution in [0, 0.1) is 23.6 Å². The summed E-state index contributed by atoms with van der Waals surface area (Å²) in [6.07, 6.45) is 9.86. The number of anilines is 1. The van der Waals surface area contributed by atoms with E-state index in [-0.39, 0.29) is 23.9 Å². The molecule has 4 aliphatic rings. The molecule has 7 nitrogen and oxygen atoms in total. The SMILES string of the molecule is CC[C@H](C)NC(=O)[C@H](CC)N(Cc1ccc(F)cc1)C(=O)CN(c1ccc(C23CC4CC(CC(C4)C2)C3)cc1)S(C)(=O)=O. The predicted octanol–water partition coefficient (Wildman–Crippen LogP) is 5.78. The Bertz CT molecular complexity index is 1370. The Kier molecular flexibility index (Phi) is 9.21. The number of nitrogens with one attached hydrogen (secondary N) is 1. The fourth-order valence-electron chi connectivity index (χ4n) is 8.21. The average molecular weight is 612 g/mol. The zero-order chi connectivity index (χ0) is 30.9. The van der Waals surface area contributed by atoms with Gasteiger partial charge >= 0.3 is 0 Å². The van der Waals surface area contributed by atoms with Gasteiger partial charge in [0.05, 0.1) is 11.9 Å². The molecule has 0 saturated heterocycles. The molecule has 0 spiro atoms. The average Bonchev–Trinajstić information content (AvgIpc) is 2.95. The third-order valence-corrected chi connectivity index (χ3v) is 11.3. The first-order valence-corrected chi connectivity index (χ1v) is 17.7. The van der Waals surface area contributed by atoms with Crippen molar-refractivity contribution in [2.45, 2.75) is 96.2 Å². The summed E-state index contributed by atoms with van der Waals surface area (Å²) in [4.78, 5) is 28.7. The molecule has 0 heterocycles. The second-order valence-electron chi connectivity index (χ2n) is 13.4. The summed E-state index contributed by atoms with van der Waals surface area (Å²) in [5.41, 5.74) is 2.54. The molecule has 6 rings (SSSR count). The van der Waals surface area contributed by atoms with Gasteiger partial charge in [0.15, 0.2) is 0 Å². The number of nitrogens with zero attached hydrogens (tertiary/aromatic N) is 2. The number of carbonyl (C=O) groups is 2. The van der Waals surface area contributed by atoms with Crippen molar-refractivity contribution in [1.82, 2.24) is 10.2 Å². The molecule has 2 atom stereocenters. The molecule has 0 unspecified atom stereocenters. The van der Waals surface area contributed by atoms with Gasteiger partial charge in [-0.3, -0.25) is 13.9 Å². The molecule has 2 amide bonds. The van der Waals surface area contributed by atoms with Crippen molar-refractivity contribution in [3.63, 3.8) is 0 Å². The summed E-state index contributed by atoms with van der Waals surface area (Å²) >= 11 is 0. The number of benzene rings is 2. The maximum Gasteiger partial charge on any atom is 0.244 e. The van der Waals surface area contributed by atoms with Crippen molar-refractivity contribution < 1.29 is 22.4 Å². The zero-order valence-corrected chi connectivity index (χ0v) is 26.7. The number of amides is 2. The minimum absolute atomic E-state index is 0.0497. The fourth-order valence-corrected chi connectivity index (χ4v) is 9.06. The van der Waals surface area contributed by atoms with Crippen LogP contribution in [0.2, 0.25) is 0 Å². The third kappa shape index (κ3) is 6.92. The van der Waals surface area contributed by atoms with Crippen LogP contribution in [0.15, 0.2) is 48.5 Å². The van der Waals surface area contributed by atoms with E-state index in [4.69, 9.17) is 0 Å². The summed E-state index contributed by atoms with van der Waals surface area (Å²) in [6, 6.07) is 12.7. The number of carbonyl (C=O) groups excluding carboxylic acids is 2. The van der Waals surface area contributed by atoms with Crippen LogP contribution in [0.5, 0.6) is 0 Å². The zero-order valence-electron chi connectivity index (χ0n) is 25.9. The van der Waals surface area contributed by atoms with Gasteiger partial charge in [0.2, 0.25) is 21.8 Å². The van der Waals surface area contributed by atoms with E-state index in [1.165, 1.54) is 61.1 Å². The van der Waals surface area contributed by atoms with E-state index in [0.29, 0.717) is 17.7 Å². The highest BCUT2D eigenvalue weighted by molar-refractivity contribution is 7.92. The third-order valence-electron chi connectivity index (χ3n) is 10.1. The molecule has 4 bridgehead atoms. The molecule has 0 aliphatic heterocycles. The first kappa shape index (κ1) is 31.5. The fraction of sp³-hybridized carbons (Fsp3) is 0.588. The van der Waals surface area contributed by atoms with Gasteiger partial charge < -0.3 is 10.2 Å². The van der Waals surface area contributed by atoms with Crippen molar-refractivity contribution >= 4 is 27.5 Å². The molecule has 4 saturated carbocycles. The molecule has 4 fully saturated rings. The lowest BCUT2D eigenvalue weighted by Gasteiger charge is -2.57. The van der Waals surface area contributed by atoms with Gasteiger partial charge in [-0.05, 0) is 117 Å². The molecule has 0 aromatic heterocycles. The molecular weight excluding hydrogens is 565 g/mol. The van der Waals surface area contributed by atoms with Crippen LogP contribution in [0.4, 0.5) is 10.1 Å². The number of hydrogen-bond donors (Lipinski definition) is 1. The highest BCUT2D eigenvalue weighted by Crippen LogP contribution is 2.60. The second-order valence-corrected chi connectivity index (χ2v) is 15.3. The lowest BCUT2D eigenvalue weighted by molar-refractivity contribution is -0.140. The Morgan fingerprint density at radius 1 is 0.930 bits per heavy atom. The van der Waals surface area contributed by atoms with Gasteiger partial charge in [-0.1, -0.05) is 38.1 Å². The quantitative estimate of drug-likeness (QED) is 0.330. The molecule has 2 aromatic rings. The first-order valence-electron chi connectivity index (χ1n) is 15.8. The molecule has 234 valence electrons. The van der Waals surface area contributed by atoms with Gasteiger partial charge in [-0.25, -0.2) is 12.8 Å². The number of halogens is 1. The molecule has 9 heteroatoms. The van der Waals surface area contributed by atoms with Gasteiger partial charge in [0, 0.05) is 12.6 Å². The first-order chi connectivity index (χ1) is 20.4. The van der Waals surface area contributed by atoms with Crippen LogP contribution in [-0.2, 0) is 31.6 Å².